The number of rotatable bonds is 7. The lowest BCUT2D eigenvalue weighted by molar-refractivity contribution is -0.133. The van der Waals surface area contributed by atoms with E-state index in [-0.39, 0.29) is 24.3 Å². The highest BCUT2D eigenvalue weighted by molar-refractivity contribution is 5.97. The Balaban J connectivity index is 1.88. The highest BCUT2D eigenvalue weighted by Gasteiger charge is 2.18. The Morgan fingerprint density at radius 1 is 1.00 bits per heavy atom. The van der Waals surface area contributed by atoms with Crippen LogP contribution in [0.4, 0.5) is 0 Å². The van der Waals surface area contributed by atoms with Gasteiger partial charge in [0.2, 0.25) is 5.91 Å². The molecule has 0 atom stereocenters. The van der Waals surface area contributed by atoms with E-state index in [1.54, 1.807) is 24.3 Å². The molecule has 0 bridgehead atoms. The largest absolute Gasteiger partial charge is 0.483 e. The molecule has 1 heterocycles. The van der Waals surface area contributed by atoms with Crippen molar-refractivity contribution in [3.05, 3.63) is 29.8 Å². The van der Waals surface area contributed by atoms with Gasteiger partial charge in [0.05, 0.1) is 5.56 Å². The molecule has 0 radical (unpaired) electrons. The van der Waals surface area contributed by atoms with E-state index < -0.39 is 0 Å². The quantitative estimate of drug-likeness (QED) is 0.718. The number of benzene rings is 1. The van der Waals surface area contributed by atoms with Crippen molar-refractivity contribution in [3.8, 4) is 5.75 Å². The Bertz CT molecular complexity index is 625. The second-order valence-corrected chi connectivity index (χ2v) is 6.32. The van der Waals surface area contributed by atoms with Crippen molar-refractivity contribution in [1.29, 1.82) is 0 Å². The third-order valence-electron chi connectivity index (χ3n) is 4.23. The van der Waals surface area contributed by atoms with Crippen LogP contribution in [0.3, 0.4) is 0 Å². The Morgan fingerprint density at radius 2 is 1.65 bits per heavy atom. The molecule has 142 valence electrons. The molecule has 7 heteroatoms. The van der Waals surface area contributed by atoms with E-state index in [1.807, 2.05) is 4.90 Å². The first kappa shape index (κ1) is 19.8. The van der Waals surface area contributed by atoms with Gasteiger partial charge in [-0.05, 0) is 25.0 Å². The minimum absolute atomic E-state index is 0.0484. The fraction of sp³-hybridized carbons (Fsp3) is 0.526. The predicted molar refractivity (Wildman–Crippen MR) is 98.0 cm³/mol. The number of likely N-dealkylation sites (tertiary alicyclic amines) is 1. The molecule has 1 fully saturated rings. The molecule has 1 aliphatic heterocycles. The molecule has 2 rings (SSSR count). The number of amides is 3. The molecule has 0 unspecified atom stereocenters. The zero-order chi connectivity index (χ0) is 18.8. The maximum absolute atomic E-state index is 12.3. The topological polar surface area (TPSA) is 87.7 Å². The Morgan fingerprint density at radius 3 is 2.35 bits per heavy atom. The summed E-state index contributed by atoms with van der Waals surface area (Å²) in [5.74, 6) is -0.108. The number of carbonyl (C=O) groups excluding carboxylic acids is 3. The summed E-state index contributed by atoms with van der Waals surface area (Å²) in [4.78, 5) is 37.3. The summed E-state index contributed by atoms with van der Waals surface area (Å²) < 4.78 is 5.64. The second-order valence-electron chi connectivity index (χ2n) is 6.32. The lowest BCUT2D eigenvalue weighted by Gasteiger charge is -2.20. The van der Waals surface area contributed by atoms with Crippen LogP contribution < -0.4 is 15.4 Å². The highest BCUT2D eigenvalue weighted by Crippen LogP contribution is 2.18. The van der Waals surface area contributed by atoms with Gasteiger partial charge in [0.15, 0.2) is 6.61 Å². The van der Waals surface area contributed by atoms with Crippen LogP contribution in [-0.4, -0.2) is 55.4 Å². The molecule has 0 aromatic heterocycles. The predicted octanol–water partition coefficient (Wildman–Crippen LogP) is 1.33. The van der Waals surface area contributed by atoms with Crippen molar-refractivity contribution < 1.29 is 19.1 Å². The van der Waals surface area contributed by atoms with Gasteiger partial charge >= 0.3 is 0 Å². The summed E-state index contributed by atoms with van der Waals surface area (Å²) in [5.41, 5.74) is 0.374. The third-order valence-corrected chi connectivity index (χ3v) is 4.23. The maximum Gasteiger partial charge on any atom is 0.260 e. The van der Waals surface area contributed by atoms with E-state index in [1.165, 1.54) is 6.92 Å². The van der Waals surface area contributed by atoms with Crippen LogP contribution >= 0.6 is 0 Å². The summed E-state index contributed by atoms with van der Waals surface area (Å²) in [5, 5.41) is 5.34. The van der Waals surface area contributed by atoms with E-state index in [4.69, 9.17) is 4.74 Å². The van der Waals surface area contributed by atoms with Crippen LogP contribution in [-0.2, 0) is 9.59 Å². The van der Waals surface area contributed by atoms with E-state index >= 15 is 0 Å². The van der Waals surface area contributed by atoms with E-state index in [2.05, 4.69) is 10.6 Å². The standard InChI is InChI=1S/C19H27N3O4/c1-15(23)20-10-11-21-19(25)16-8-4-5-9-17(16)26-14-18(24)22-12-6-2-3-7-13-22/h4-5,8-9H,2-3,6-7,10-14H2,1H3,(H,20,23)(H,21,25). The van der Waals surface area contributed by atoms with Crippen molar-refractivity contribution in [3.63, 3.8) is 0 Å². The van der Waals surface area contributed by atoms with Crippen molar-refractivity contribution >= 4 is 17.7 Å². The van der Waals surface area contributed by atoms with Crippen LogP contribution in [0.1, 0.15) is 43.0 Å². The molecule has 1 saturated heterocycles. The smallest absolute Gasteiger partial charge is 0.260 e. The molecular formula is C19H27N3O4. The normalized spacial score (nSPS) is 14.3. The molecule has 0 aliphatic carbocycles. The number of hydrogen-bond acceptors (Lipinski definition) is 4. The van der Waals surface area contributed by atoms with Gasteiger partial charge in [0, 0.05) is 33.1 Å². The van der Waals surface area contributed by atoms with E-state index in [0.29, 0.717) is 24.4 Å². The van der Waals surface area contributed by atoms with Crippen LogP contribution in [0.25, 0.3) is 0 Å². The van der Waals surface area contributed by atoms with Gasteiger partial charge < -0.3 is 20.3 Å². The fourth-order valence-electron chi connectivity index (χ4n) is 2.84. The van der Waals surface area contributed by atoms with Crippen molar-refractivity contribution in [2.75, 3.05) is 32.8 Å². The minimum Gasteiger partial charge on any atom is -0.483 e. The lowest BCUT2D eigenvalue weighted by Crippen LogP contribution is -2.36. The molecule has 26 heavy (non-hydrogen) atoms. The fourth-order valence-corrected chi connectivity index (χ4v) is 2.84. The number of carbonyl (C=O) groups is 3. The Kier molecular flexibility index (Phi) is 7.92. The zero-order valence-corrected chi connectivity index (χ0v) is 15.3. The Labute approximate surface area is 154 Å². The van der Waals surface area contributed by atoms with Crippen LogP contribution in [0.15, 0.2) is 24.3 Å². The number of nitrogens with one attached hydrogen (secondary N) is 2. The molecule has 7 nitrogen and oxygen atoms in total. The van der Waals surface area contributed by atoms with E-state index in [9.17, 15) is 14.4 Å². The zero-order valence-electron chi connectivity index (χ0n) is 15.3. The van der Waals surface area contributed by atoms with Crippen LogP contribution in [0.2, 0.25) is 0 Å². The van der Waals surface area contributed by atoms with Crippen LogP contribution in [0, 0.1) is 0 Å². The average molecular weight is 361 g/mol. The lowest BCUT2D eigenvalue weighted by atomic mass is 10.2. The van der Waals surface area contributed by atoms with Crippen molar-refractivity contribution in [2.24, 2.45) is 0 Å². The van der Waals surface area contributed by atoms with Gasteiger partial charge in [-0.3, -0.25) is 14.4 Å². The minimum atomic E-state index is -0.298. The number of hydrogen-bond donors (Lipinski definition) is 2. The average Bonchev–Trinajstić information content (AvgIpc) is 2.92. The third kappa shape index (κ3) is 6.38. The summed E-state index contributed by atoms with van der Waals surface area (Å²) in [7, 11) is 0. The van der Waals surface area contributed by atoms with Crippen molar-refractivity contribution in [2.45, 2.75) is 32.6 Å². The van der Waals surface area contributed by atoms with Gasteiger partial charge in [0.25, 0.3) is 11.8 Å². The summed E-state index contributed by atoms with van der Waals surface area (Å²) in [6, 6.07) is 6.84. The molecular weight excluding hydrogens is 334 g/mol. The molecule has 0 spiro atoms. The van der Waals surface area contributed by atoms with E-state index in [0.717, 1.165) is 38.8 Å². The summed E-state index contributed by atoms with van der Waals surface area (Å²) in [6.07, 6.45) is 4.37. The highest BCUT2D eigenvalue weighted by atomic mass is 16.5. The molecule has 1 aromatic carbocycles. The first-order valence-electron chi connectivity index (χ1n) is 9.10. The van der Waals surface area contributed by atoms with Crippen LogP contribution in [0.5, 0.6) is 5.75 Å². The molecule has 2 N–H and O–H groups in total. The SMILES string of the molecule is CC(=O)NCCNC(=O)c1ccccc1OCC(=O)N1CCCCCC1. The molecule has 1 aromatic rings. The number of para-hydroxylation sites is 1. The molecule has 3 amide bonds. The summed E-state index contributed by atoms with van der Waals surface area (Å²) >= 11 is 0. The molecule has 0 saturated carbocycles. The first-order chi connectivity index (χ1) is 12.6. The number of nitrogens with zero attached hydrogens (tertiary/aromatic N) is 1. The monoisotopic (exact) mass is 361 g/mol. The molecule has 1 aliphatic rings. The maximum atomic E-state index is 12.3. The second kappa shape index (κ2) is 10.4. The number of ether oxygens (including phenoxy) is 1. The van der Waals surface area contributed by atoms with Gasteiger partial charge in [-0.25, -0.2) is 0 Å². The summed E-state index contributed by atoms with van der Waals surface area (Å²) in [6.45, 7) is 3.57. The van der Waals surface area contributed by atoms with Crippen molar-refractivity contribution in [1.82, 2.24) is 15.5 Å². The Hall–Kier alpha value is -2.57. The first-order valence-corrected chi connectivity index (χ1v) is 9.10. The van der Waals surface area contributed by atoms with Gasteiger partial charge in [-0.2, -0.15) is 0 Å². The van der Waals surface area contributed by atoms with Gasteiger partial charge in [0.1, 0.15) is 5.75 Å². The van der Waals surface area contributed by atoms with Gasteiger partial charge in [-0.15, -0.1) is 0 Å². The van der Waals surface area contributed by atoms with Gasteiger partial charge in [-0.1, -0.05) is 25.0 Å².